The van der Waals surface area contributed by atoms with Gasteiger partial charge in [-0.3, -0.25) is 0 Å². The number of aliphatic hydroxyl groups is 1. The third kappa shape index (κ3) is 8.42. The lowest BCUT2D eigenvalue weighted by Gasteiger charge is -2.05. The van der Waals surface area contributed by atoms with Gasteiger partial charge < -0.3 is 9.84 Å². The van der Waals surface area contributed by atoms with Crippen molar-refractivity contribution < 1.29 is 14.6 Å². The summed E-state index contributed by atoms with van der Waals surface area (Å²) in [5.74, 6) is -0.475. The van der Waals surface area contributed by atoms with Crippen LogP contribution in [0.25, 0.3) is 0 Å². The molecule has 0 saturated carbocycles. The molecular formula is C17H27BrO3. The van der Waals surface area contributed by atoms with E-state index in [2.05, 4.69) is 27.6 Å². The quantitative estimate of drug-likeness (QED) is 0.418. The number of rotatable bonds is 11. The topological polar surface area (TPSA) is 46.5 Å². The Kier molecular flexibility index (Phi) is 9.68. The van der Waals surface area contributed by atoms with E-state index in [0.717, 1.165) is 17.3 Å². The maximum atomic E-state index is 11.0. The van der Waals surface area contributed by atoms with Crippen molar-refractivity contribution in [2.45, 2.75) is 77.4 Å². The van der Waals surface area contributed by atoms with E-state index in [0.29, 0.717) is 5.57 Å². The molecule has 0 bridgehead atoms. The van der Waals surface area contributed by atoms with Crippen LogP contribution in [-0.4, -0.2) is 17.4 Å². The zero-order chi connectivity index (χ0) is 15.5. The van der Waals surface area contributed by atoms with Crippen molar-refractivity contribution in [3.8, 4) is 0 Å². The van der Waals surface area contributed by atoms with Gasteiger partial charge in [-0.05, 0) is 23.4 Å². The molecule has 1 heterocycles. The van der Waals surface area contributed by atoms with Crippen LogP contribution in [0.3, 0.4) is 0 Å². The van der Waals surface area contributed by atoms with E-state index in [4.69, 9.17) is 0 Å². The molecule has 0 aromatic carbocycles. The molecule has 0 fully saturated rings. The number of allylic oxidation sites excluding steroid dienone is 1. The lowest BCUT2D eigenvalue weighted by Crippen LogP contribution is -2.08. The molecule has 0 aromatic heterocycles. The Balaban J connectivity index is 2.05. The predicted octanol–water partition coefficient (Wildman–Crippen LogP) is 4.99. The summed E-state index contributed by atoms with van der Waals surface area (Å²) >= 11 is 3.49. The van der Waals surface area contributed by atoms with Crippen LogP contribution in [-0.2, 0) is 9.53 Å². The van der Waals surface area contributed by atoms with Crippen molar-refractivity contribution in [2.75, 3.05) is 0 Å². The van der Waals surface area contributed by atoms with Gasteiger partial charge in [-0.15, -0.1) is 0 Å². The summed E-state index contributed by atoms with van der Waals surface area (Å²) in [7, 11) is 0. The highest BCUT2D eigenvalue weighted by Crippen LogP contribution is 2.22. The molecule has 21 heavy (non-hydrogen) atoms. The van der Waals surface area contributed by atoms with Gasteiger partial charge in [-0.25, -0.2) is 4.79 Å². The SMILES string of the molecule is CCCCCCCCCCCC(Br)=CC1=CC(=O)OC1O. The Morgan fingerprint density at radius 2 is 1.76 bits per heavy atom. The zero-order valence-corrected chi connectivity index (χ0v) is 14.5. The minimum Gasteiger partial charge on any atom is -0.428 e. The molecular weight excluding hydrogens is 332 g/mol. The molecule has 3 nitrogen and oxygen atoms in total. The van der Waals surface area contributed by atoms with Crippen LogP contribution in [0.1, 0.15) is 71.1 Å². The van der Waals surface area contributed by atoms with Crippen LogP contribution < -0.4 is 0 Å². The van der Waals surface area contributed by atoms with E-state index in [-0.39, 0.29) is 0 Å². The van der Waals surface area contributed by atoms with Gasteiger partial charge in [0.2, 0.25) is 6.29 Å². The number of aliphatic hydroxyl groups excluding tert-OH is 1. The Morgan fingerprint density at radius 3 is 2.29 bits per heavy atom. The van der Waals surface area contributed by atoms with Crippen LogP contribution >= 0.6 is 15.9 Å². The van der Waals surface area contributed by atoms with E-state index in [1.807, 2.05) is 0 Å². The molecule has 0 aromatic rings. The zero-order valence-electron chi connectivity index (χ0n) is 12.9. The fourth-order valence-electron chi connectivity index (χ4n) is 2.39. The highest BCUT2D eigenvalue weighted by Gasteiger charge is 2.21. The fourth-order valence-corrected chi connectivity index (χ4v) is 2.93. The number of esters is 1. The van der Waals surface area contributed by atoms with E-state index in [1.54, 1.807) is 6.08 Å². The molecule has 0 spiro atoms. The number of cyclic esters (lactones) is 1. The van der Waals surface area contributed by atoms with Gasteiger partial charge in [0.05, 0.1) is 0 Å². The number of hydrogen-bond donors (Lipinski definition) is 1. The highest BCUT2D eigenvalue weighted by atomic mass is 79.9. The van der Waals surface area contributed by atoms with Gasteiger partial charge in [0.25, 0.3) is 0 Å². The van der Waals surface area contributed by atoms with E-state index < -0.39 is 12.3 Å². The van der Waals surface area contributed by atoms with Crippen molar-refractivity contribution in [3.05, 3.63) is 22.2 Å². The van der Waals surface area contributed by atoms with Crippen molar-refractivity contribution in [1.82, 2.24) is 0 Å². The predicted molar refractivity (Wildman–Crippen MR) is 89.0 cm³/mol. The molecule has 1 N–H and O–H groups in total. The molecule has 0 amide bonds. The summed E-state index contributed by atoms with van der Waals surface area (Å²) in [6.07, 6.45) is 14.7. The summed E-state index contributed by atoms with van der Waals surface area (Å²) in [6.45, 7) is 2.24. The standard InChI is InChI=1S/C17H27BrO3/c1-2-3-4-5-6-7-8-9-10-11-15(18)12-14-13-16(19)21-17(14)20/h12-13,17,20H,2-11H2,1H3. The number of carbonyl (C=O) groups excluding carboxylic acids is 1. The van der Waals surface area contributed by atoms with Crippen molar-refractivity contribution in [1.29, 1.82) is 0 Å². The first-order valence-corrected chi connectivity index (χ1v) is 8.89. The monoisotopic (exact) mass is 358 g/mol. The lowest BCUT2D eigenvalue weighted by molar-refractivity contribution is -0.150. The highest BCUT2D eigenvalue weighted by molar-refractivity contribution is 9.11. The minimum atomic E-state index is -1.10. The maximum absolute atomic E-state index is 11.0. The molecule has 1 unspecified atom stereocenters. The summed E-state index contributed by atoms with van der Waals surface area (Å²) in [5.41, 5.74) is 0.530. The van der Waals surface area contributed by atoms with Crippen molar-refractivity contribution in [3.63, 3.8) is 0 Å². The first-order valence-electron chi connectivity index (χ1n) is 8.10. The maximum Gasteiger partial charge on any atom is 0.333 e. The Hall–Kier alpha value is -0.610. The number of carbonyl (C=O) groups is 1. The van der Waals surface area contributed by atoms with Gasteiger partial charge >= 0.3 is 5.97 Å². The molecule has 4 heteroatoms. The van der Waals surface area contributed by atoms with Gasteiger partial charge in [-0.2, -0.15) is 0 Å². The van der Waals surface area contributed by atoms with Crippen LogP contribution in [0, 0.1) is 0 Å². The smallest absolute Gasteiger partial charge is 0.333 e. The molecule has 1 atom stereocenters. The van der Waals surface area contributed by atoms with Crippen molar-refractivity contribution >= 4 is 21.9 Å². The van der Waals surface area contributed by atoms with E-state index in [9.17, 15) is 9.90 Å². The first-order chi connectivity index (χ1) is 10.1. The number of unbranched alkanes of at least 4 members (excludes halogenated alkanes) is 8. The molecule has 1 rings (SSSR count). The average molecular weight is 359 g/mol. The normalized spacial score (nSPS) is 18.8. The number of halogens is 1. The van der Waals surface area contributed by atoms with Crippen molar-refractivity contribution in [2.24, 2.45) is 0 Å². The minimum absolute atomic E-state index is 0.475. The number of hydrogen-bond acceptors (Lipinski definition) is 3. The number of ether oxygens (including phenoxy) is 1. The Morgan fingerprint density at radius 1 is 1.19 bits per heavy atom. The third-order valence-electron chi connectivity index (χ3n) is 3.64. The third-order valence-corrected chi connectivity index (χ3v) is 4.27. The Labute approximate surface area is 136 Å². The summed E-state index contributed by atoms with van der Waals surface area (Å²) in [4.78, 5) is 11.0. The van der Waals surface area contributed by atoms with Gasteiger partial charge in [0, 0.05) is 11.6 Å². The second kappa shape index (κ2) is 11.0. The van der Waals surface area contributed by atoms with Gasteiger partial charge in [0.15, 0.2) is 0 Å². The van der Waals surface area contributed by atoms with E-state index in [1.165, 1.54) is 57.4 Å². The molecule has 120 valence electrons. The molecule has 1 aliphatic rings. The largest absolute Gasteiger partial charge is 0.428 e. The lowest BCUT2D eigenvalue weighted by atomic mass is 10.1. The molecule has 0 aliphatic carbocycles. The second-order valence-corrected chi connectivity index (χ2v) is 6.62. The summed E-state index contributed by atoms with van der Waals surface area (Å²) < 4.78 is 5.64. The van der Waals surface area contributed by atoms with Crippen LogP contribution in [0.15, 0.2) is 22.2 Å². The van der Waals surface area contributed by atoms with E-state index >= 15 is 0 Å². The average Bonchev–Trinajstić information content (AvgIpc) is 2.75. The summed E-state index contributed by atoms with van der Waals surface area (Å²) in [5, 5.41) is 9.46. The molecule has 1 aliphatic heterocycles. The second-order valence-electron chi connectivity index (χ2n) is 5.60. The first kappa shape index (κ1) is 18.4. The summed E-state index contributed by atoms with van der Waals surface area (Å²) in [6, 6.07) is 0. The van der Waals surface area contributed by atoms with Crippen LogP contribution in [0.5, 0.6) is 0 Å². The molecule has 0 radical (unpaired) electrons. The molecule has 0 saturated heterocycles. The van der Waals surface area contributed by atoms with Crippen LogP contribution in [0.2, 0.25) is 0 Å². The Bertz CT molecular complexity index is 374. The van der Waals surface area contributed by atoms with Gasteiger partial charge in [-0.1, -0.05) is 74.2 Å². The van der Waals surface area contributed by atoms with Gasteiger partial charge in [0.1, 0.15) is 0 Å². The van der Waals surface area contributed by atoms with Crippen LogP contribution in [0.4, 0.5) is 0 Å². The fraction of sp³-hybridized carbons (Fsp3) is 0.706.